The van der Waals surface area contributed by atoms with Crippen molar-refractivity contribution in [3.05, 3.63) is 40.6 Å². The van der Waals surface area contributed by atoms with Gasteiger partial charge in [0.15, 0.2) is 5.75 Å². The number of aromatic amines is 1. The highest BCUT2D eigenvalue weighted by molar-refractivity contribution is 9.10. The van der Waals surface area contributed by atoms with Crippen LogP contribution in [0.5, 0.6) is 5.75 Å². The summed E-state index contributed by atoms with van der Waals surface area (Å²) in [5, 5.41) is 3.29. The van der Waals surface area contributed by atoms with Gasteiger partial charge < -0.3 is 15.0 Å². The summed E-state index contributed by atoms with van der Waals surface area (Å²) in [6.07, 6.45) is 0. The van der Waals surface area contributed by atoms with Crippen LogP contribution in [-0.2, 0) is 0 Å². The molecule has 0 amide bonds. The molecule has 0 saturated heterocycles. The first-order chi connectivity index (χ1) is 10.2. The number of hydrogen-bond acceptors (Lipinski definition) is 3. The maximum Gasteiger partial charge on any atom is 0.153 e. The van der Waals surface area contributed by atoms with Gasteiger partial charge in [-0.3, -0.25) is 0 Å². The number of para-hydroxylation sites is 1. The second-order valence-electron chi connectivity index (χ2n) is 4.83. The number of nitrogens with one attached hydrogen (secondary N) is 2. The zero-order valence-corrected chi connectivity index (χ0v) is 12.5. The highest BCUT2D eigenvalue weighted by Crippen LogP contribution is 2.37. The van der Waals surface area contributed by atoms with Gasteiger partial charge in [0.25, 0.3) is 0 Å². The Labute approximate surface area is 128 Å². The average molecular weight is 348 g/mol. The van der Waals surface area contributed by atoms with Crippen molar-refractivity contribution in [2.24, 2.45) is 0 Å². The Morgan fingerprint density at radius 2 is 2.19 bits per heavy atom. The number of halogens is 2. The SMILES string of the molecule is Fc1cc2[nH]c(-c3cccc4c3OCCN4)nc2cc1Br. The minimum absolute atomic E-state index is 0.314. The van der Waals surface area contributed by atoms with Gasteiger partial charge in [-0.25, -0.2) is 9.37 Å². The summed E-state index contributed by atoms with van der Waals surface area (Å²) < 4.78 is 19.8. The van der Waals surface area contributed by atoms with E-state index in [1.807, 2.05) is 18.2 Å². The van der Waals surface area contributed by atoms with E-state index in [9.17, 15) is 4.39 Å². The molecular formula is C15H11BrFN3O. The Morgan fingerprint density at radius 3 is 3.10 bits per heavy atom. The van der Waals surface area contributed by atoms with E-state index in [-0.39, 0.29) is 5.82 Å². The number of aromatic nitrogens is 2. The molecular weight excluding hydrogens is 337 g/mol. The van der Waals surface area contributed by atoms with Gasteiger partial charge in [0, 0.05) is 12.6 Å². The van der Waals surface area contributed by atoms with Gasteiger partial charge in [-0.2, -0.15) is 0 Å². The zero-order valence-electron chi connectivity index (χ0n) is 10.9. The van der Waals surface area contributed by atoms with Crippen molar-refractivity contribution in [1.29, 1.82) is 0 Å². The van der Waals surface area contributed by atoms with Gasteiger partial charge >= 0.3 is 0 Å². The molecule has 0 bridgehead atoms. The number of ether oxygens (including phenoxy) is 1. The maximum absolute atomic E-state index is 13.6. The molecule has 0 aliphatic carbocycles. The van der Waals surface area contributed by atoms with E-state index in [0.717, 1.165) is 23.5 Å². The van der Waals surface area contributed by atoms with Gasteiger partial charge in [0.1, 0.15) is 18.2 Å². The number of benzene rings is 2. The van der Waals surface area contributed by atoms with Gasteiger partial charge in [-0.15, -0.1) is 0 Å². The molecule has 21 heavy (non-hydrogen) atoms. The number of fused-ring (bicyclic) bond motifs is 2. The van der Waals surface area contributed by atoms with Crippen LogP contribution in [0.2, 0.25) is 0 Å². The van der Waals surface area contributed by atoms with Crippen molar-refractivity contribution in [3.8, 4) is 17.1 Å². The Morgan fingerprint density at radius 1 is 1.29 bits per heavy atom. The predicted octanol–water partition coefficient (Wildman–Crippen LogP) is 3.94. The lowest BCUT2D eigenvalue weighted by atomic mass is 10.1. The topological polar surface area (TPSA) is 49.9 Å². The van der Waals surface area contributed by atoms with E-state index < -0.39 is 0 Å². The molecule has 2 aromatic carbocycles. The summed E-state index contributed by atoms with van der Waals surface area (Å²) in [6, 6.07) is 8.95. The number of imidazole rings is 1. The summed E-state index contributed by atoms with van der Waals surface area (Å²) in [7, 11) is 0. The minimum atomic E-state index is -0.314. The summed E-state index contributed by atoms with van der Waals surface area (Å²) >= 11 is 3.18. The molecule has 0 radical (unpaired) electrons. The van der Waals surface area contributed by atoms with Crippen LogP contribution in [0.25, 0.3) is 22.4 Å². The first-order valence-electron chi connectivity index (χ1n) is 6.57. The first kappa shape index (κ1) is 12.6. The zero-order chi connectivity index (χ0) is 14.4. The highest BCUT2D eigenvalue weighted by atomic mass is 79.9. The first-order valence-corrected chi connectivity index (χ1v) is 7.36. The van der Waals surface area contributed by atoms with E-state index >= 15 is 0 Å². The van der Waals surface area contributed by atoms with Crippen LogP contribution in [0.3, 0.4) is 0 Å². The van der Waals surface area contributed by atoms with Gasteiger partial charge in [-0.1, -0.05) is 6.07 Å². The molecule has 1 aliphatic rings. The van der Waals surface area contributed by atoms with E-state index in [1.54, 1.807) is 6.07 Å². The molecule has 0 spiro atoms. The third kappa shape index (κ3) is 2.06. The van der Waals surface area contributed by atoms with Crippen molar-refractivity contribution < 1.29 is 9.13 Å². The Hall–Kier alpha value is -2.08. The molecule has 1 aliphatic heterocycles. The van der Waals surface area contributed by atoms with Crippen LogP contribution in [0.4, 0.5) is 10.1 Å². The van der Waals surface area contributed by atoms with E-state index in [1.165, 1.54) is 6.07 Å². The standard InChI is InChI=1S/C15H11BrFN3O/c16-9-6-12-13(7-10(9)17)20-15(19-12)8-2-1-3-11-14(8)21-5-4-18-11/h1-3,6-7,18H,4-5H2,(H,19,20). The molecule has 0 unspecified atom stereocenters. The predicted molar refractivity (Wildman–Crippen MR) is 83.2 cm³/mol. The molecule has 4 rings (SSSR count). The van der Waals surface area contributed by atoms with E-state index in [2.05, 4.69) is 31.2 Å². The van der Waals surface area contributed by atoms with Gasteiger partial charge in [0.2, 0.25) is 0 Å². The fourth-order valence-electron chi connectivity index (χ4n) is 2.49. The number of nitrogens with zero attached hydrogens (tertiary/aromatic N) is 1. The Kier molecular flexibility index (Phi) is 2.85. The molecule has 6 heteroatoms. The summed E-state index contributed by atoms with van der Waals surface area (Å²) in [5.41, 5.74) is 3.19. The fraction of sp³-hybridized carbons (Fsp3) is 0.133. The third-order valence-electron chi connectivity index (χ3n) is 3.46. The molecule has 0 atom stereocenters. The highest BCUT2D eigenvalue weighted by Gasteiger charge is 2.18. The molecule has 3 aromatic rings. The smallest absolute Gasteiger partial charge is 0.153 e. The molecule has 106 valence electrons. The number of anilines is 1. The van der Waals surface area contributed by atoms with E-state index in [4.69, 9.17) is 4.74 Å². The van der Waals surface area contributed by atoms with Crippen LogP contribution in [0.1, 0.15) is 0 Å². The Balaban J connectivity index is 1.91. The van der Waals surface area contributed by atoms with Crippen molar-refractivity contribution in [2.75, 3.05) is 18.5 Å². The summed E-state index contributed by atoms with van der Waals surface area (Å²) in [5.74, 6) is 1.14. The minimum Gasteiger partial charge on any atom is -0.489 e. The normalized spacial score (nSPS) is 13.6. The third-order valence-corrected chi connectivity index (χ3v) is 4.07. The second-order valence-corrected chi connectivity index (χ2v) is 5.68. The van der Waals surface area contributed by atoms with Gasteiger partial charge in [0.05, 0.1) is 26.8 Å². The number of H-pyrrole nitrogens is 1. The lowest BCUT2D eigenvalue weighted by molar-refractivity contribution is 0.324. The molecule has 1 aromatic heterocycles. The molecule has 2 heterocycles. The van der Waals surface area contributed by atoms with Crippen LogP contribution < -0.4 is 10.1 Å². The maximum atomic E-state index is 13.6. The average Bonchev–Trinajstić information content (AvgIpc) is 2.90. The van der Waals surface area contributed by atoms with Crippen molar-refractivity contribution in [3.63, 3.8) is 0 Å². The number of rotatable bonds is 1. The van der Waals surface area contributed by atoms with Crippen molar-refractivity contribution in [1.82, 2.24) is 9.97 Å². The molecule has 2 N–H and O–H groups in total. The summed E-state index contributed by atoms with van der Waals surface area (Å²) in [6.45, 7) is 1.40. The second kappa shape index (κ2) is 4.73. The van der Waals surface area contributed by atoms with Crippen LogP contribution >= 0.6 is 15.9 Å². The van der Waals surface area contributed by atoms with Crippen LogP contribution in [0, 0.1) is 5.82 Å². The quantitative estimate of drug-likeness (QED) is 0.701. The number of hydrogen-bond donors (Lipinski definition) is 2. The van der Waals surface area contributed by atoms with E-state index in [0.29, 0.717) is 27.9 Å². The lowest BCUT2D eigenvalue weighted by Crippen LogP contribution is -2.18. The lowest BCUT2D eigenvalue weighted by Gasteiger charge is -2.20. The molecule has 0 saturated carbocycles. The van der Waals surface area contributed by atoms with Gasteiger partial charge in [-0.05, 0) is 34.1 Å². The summed E-state index contributed by atoms with van der Waals surface area (Å²) in [4.78, 5) is 7.68. The van der Waals surface area contributed by atoms with Crippen molar-refractivity contribution in [2.45, 2.75) is 0 Å². The Bertz CT molecular complexity index is 807. The monoisotopic (exact) mass is 347 g/mol. The molecule has 4 nitrogen and oxygen atoms in total. The largest absolute Gasteiger partial charge is 0.489 e. The molecule has 0 fully saturated rings. The fourth-order valence-corrected chi connectivity index (χ4v) is 2.82. The van der Waals surface area contributed by atoms with Crippen LogP contribution in [-0.4, -0.2) is 23.1 Å². The van der Waals surface area contributed by atoms with Crippen molar-refractivity contribution >= 4 is 32.7 Å². The van der Waals surface area contributed by atoms with Crippen LogP contribution in [0.15, 0.2) is 34.8 Å².